The summed E-state index contributed by atoms with van der Waals surface area (Å²) in [7, 11) is 2.01. The van der Waals surface area contributed by atoms with Crippen molar-refractivity contribution in [1.82, 2.24) is 29.9 Å². The van der Waals surface area contributed by atoms with E-state index in [2.05, 4.69) is 560 Å². The number of nitrogens with zero attached hydrogens (tertiary/aromatic N) is 18. The normalized spacial score (nSPS) is 11.0. The van der Waals surface area contributed by atoms with Gasteiger partial charge >= 0.3 is 0 Å². The molecule has 1 atom stereocenters. The molecule has 3 N–H and O–H groups in total. The van der Waals surface area contributed by atoms with Crippen LogP contribution in [0.15, 0.2) is 449 Å². The van der Waals surface area contributed by atoms with Gasteiger partial charge in [-0.3, -0.25) is 5.15 Å². The molecule has 0 aliphatic carbocycles. The molecular formula is C126H92N20P2. The molecule has 19 aromatic carbocycles. The lowest BCUT2D eigenvalue weighted by Crippen LogP contribution is -2.12. The Morgan fingerprint density at radius 1 is 0.284 bits per heavy atom. The first-order chi connectivity index (χ1) is 74.4. The average molecular weight is 1950 g/mol. The Labute approximate surface area is 869 Å². The lowest BCUT2D eigenvalue weighted by Gasteiger charge is -2.29. The van der Waals surface area contributed by atoms with E-state index in [1.165, 1.54) is 54.9 Å². The zero-order chi connectivity index (χ0) is 106. The highest BCUT2D eigenvalue weighted by atomic mass is 31.0. The molecule has 3 aromatic heterocycles. The van der Waals surface area contributed by atoms with Gasteiger partial charge in [-0.05, 0) is 298 Å². The molecule has 22 rings (SSSR count). The van der Waals surface area contributed by atoms with Gasteiger partial charge in [-0.1, -0.05) is 265 Å². The number of rotatable bonds is 21. The first kappa shape index (κ1) is 92.9. The smallest absolute Gasteiger partial charge is 0.294 e. The van der Waals surface area contributed by atoms with Crippen LogP contribution >= 0.6 is 18.4 Å². The molecule has 20 nitrogen and oxygen atoms in total. The van der Waals surface area contributed by atoms with Crippen LogP contribution in [0, 0.1) is 91.3 Å². The topological polar surface area (TPSA) is 251 Å². The van der Waals surface area contributed by atoms with Gasteiger partial charge in [-0.25, -0.2) is 19.9 Å². The molecule has 0 spiro atoms. The van der Waals surface area contributed by atoms with Crippen molar-refractivity contribution in [2.75, 3.05) is 29.4 Å². The van der Waals surface area contributed by atoms with Crippen LogP contribution < -0.4 is 34.9 Å². The van der Waals surface area contributed by atoms with Crippen molar-refractivity contribution in [3.8, 4) is 46.5 Å². The van der Waals surface area contributed by atoms with Crippen molar-refractivity contribution in [1.29, 1.82) is 27.5 Å². The molecule has 22 aromatic rings. The summed E-state index contributed by atoms with van der Waals surface area (Å²) in [6.45, 7) is 23.1. The lowest BCUT2D eigenvalue weighted by molar-refractivity contribution is 1.17. The Morgan fingerprint density at radius 3 is 0.709 bits per heavy atom. The number of nitriles is 4. The highest BCUT2D eigenvalue weighted by molar-refractivity contribution is 7.13. The quantitative estimate of drug-likeness (QED) is 0.0385. The second-order valence-corrected chi connectivity index (χ2v) is 34.4. The highest BCUT2D eigenvalue weighted by Gasteiger charge is 2.29. The number of aromatic nitrogens is 6. The number of benzene rings is 19. The van der Waals surface area contributed by atoms with Gasteiger partial charge < -0.3 is 44.6 Å². The summed E-state index contributed by atoms with van der Waals surface area (Å²) in [5, 5.41) is 44.6. The Morgan fingerprint density at radius 2 is 0.473 bits per heavy atom. The van der Waals surface area contributed by atoms with E-state index in [0.717, 1.165) is 113 Å². The molecule has 22 heteroatoms. The number of aryl methyl sites for hydroxylation is 4. The first-order valence-corrected chi connectivity index (χ1v) is 48.1. The molecule has 0 saturated carbocycles. The van der Waals surface area contributed by atoms with E-state index < -0.39 is 9.34 Å². The summed E-state index contributed by atoms with van der Waals surface area (Å²) in [5.41, 5.74) is 28.8. The Hall–Kier alpha value is -20.0. The fourth-order valence-corrected chi connectivity index (χ4v) is 18.3. The van der Waals surface area contributed by atoms with Crippen LogP contribution in [-0.2, 0) is 0 Å². The number of anilines is 18. The summed E-state index contributed by atoms with van der Waals surface area (Å²) in [5.74, 6) is -0.602. The zero-order valence-electron chi connectivity index (χ0n) is 84.7. The first-order valence-electron chi connectivity index (χ1n) is 49.0. The molecular weight excluding hydrogens is 1860 g/mol. The fraction of sp³-hybridized carbons (Fsp3) is 0.0317. The Bertz CT molecular complexity index is 8160. The maximum absolute atomic E-state index is 9.29. The largest absolute Gasteiger partial charge is 0.370 e. The minimum atomic E-state index is -0.469. The van der Waals surface area contributed by atoms with Gasteiger partial charge in [-0.2, -0.15) is 21.0 Å². The molecule has 0 saturated heterocycles. The fourth-order valence-electron chi connectivity index (χ4n) is 18.3. The summed E-state index contributed by atoms with van der Waals surface area (Å²) < 4.78 is 24.3. The zero-order valence-corrected chi connectivity index (χ0v) is 82.7. The third-order valence-corrected chi connectivity index (χ3v) is 25.0. The number of hydrogen-bond acceptors (Lipinski definition) is 18. The molecule has 706 valence electrons. The van der Waals surface area contributed by atoms with Gasteiger partial charge in [-0.15, -0.1) is 9.97 Å². The summed E-state index contributed by atoms with van der Waals surface area (Å²) in [6, 6.07) is 168. The van der Waals surface area contributed by atoms with Crippen molar-refractivity contribution in [2.45, 2.75) is 27.7 Å². The molecule has 3 heterocycles. The lowest BCUT2D eigenvalue weighted by atomic mass is 10.0. The third kappa shape index (κ3) is 21.0. The molecule has 0 radical (unpaired) electrons. The monoisotopic (exact) mass is 1950 g/mol. The van der Waals surface area contributed by atoms with E-state index in [1.807, 2.05) is 0 Å². The van der Waals surface area contributed by atoms with E-state index in [1.54, 1.807) is 24.3 Å². The van der Waals surface area contributed by atoms with Crippen molar-refractivity contribution in [2.24, 2.45) is 5.49 Å². The van der Waals surface area contributed by atoms with Crippen LogP contribution in [0.4, 0.5) is 114 Å². The summed E-state index contributed by atoms with van der Waals surface area (Å²) >= 11 is 0. The van der Waals surface area contributed by atoms with Gasteiger partial charge in [0.1, 0.15) is 49.2 Å². The van der Waals surface area contributed by atoms with Crippen LogP contribution in [0.25, 0.3) is 86.6 Å². The van der Waals surface area contributed by atoms with Gasteiger partial charge in [0.2, 0.25) is 11.0 Å². The van der Waals surface area contributed by atoms with Crippen LogP contribution in [0.2, 0.25) is 4.24 Å². The van der Waals surface area contributed by atoms with Crippen molar-refractivity contribution in [3.05, 3.63) is 517 Å². The SMILES string of the molecule is Cc1cccc(N(c2ccc(N(c3ccccc3)c3ccc(-c4ccc(N(c5ccccc5)c5ccc(N(c6cccc(C)c6)c6cccc(C)c6)cc5)cc4)cc3)cc2)c2cccc(C)c2)c1.[2H]N=P.[2H]PN([2H])[3H].[C-]#[N+]c1nc2c3nc(C#N)c(C#N)nc3c3nc(C#N)c(C#N)nc3c2nc1[N+]#[C-].c1ccc(N(c2ccc(-c3ccc(N(c4ccccc4)c4cccc5ccccc45)cc3)cc2)c2cccc3ccccc23)cc1. The third-order valence-electron chi connectivity index (χ3n) is 25.0. The molecule has 0 aliphatic rings. The Balaban J connectivity index is 0.000000154. The number of nitrogens with one attached hydrogen (secondary N) is 1. The van der Waals surface area contributed by atoms with Crippen LogP contribution in [0.3, 0.4) is 0 Å². The molecule has 1 unspecified atom stereocenters. The van der Waals surface area contributed by atoms with Crippen LogP contribution in [0.1, 0.15) is 45.0 Å². The van der Waals surface area contributed by atoms with E-state index in [9.17, 15) is 21.0 Å². The predicted molar refractivity (Wildman–Crippen MR) is 608 cm³/mol. The minimum absolute atomic E-state index is 0.00714. The number of nitrogens with two attached hydrogens (primary N) is 1. The maximum atomic E-state index is 9.29. The van der Waals surface area contributed by atoms with E-state index in [4.69, 9.17) is 18.7 Å². The molecule has 0 aliphatic heterocycles. The highest BCUT2D eigenvalue weighted by Crippen LogP contribution is 2.48. The molecule has 148 heavy (non-hydrogen) atoms. The van der Waals surface area contributed by atoms with E-state index in [-0.39, 0.29) is 67.5 Å². The van der Waals surface area contributed by atoms with Crippen molar-refractivity contribution >= 4 is 187 Å². The van der Waals surface area contributed by atoms with Gasteiger partial charge in [0.05, 0.1) is 12.7 Å². The number of hydrogen-bond donors (Lipinski definition) is 2. The van der Waals surface area contributed by atoms with Gasteiger partial charge in [0.15, 0.2) is 24.2 Å². The van der Waals surface area contributed by atoms with Gasteiger partial charge in [0.25, 0.3) is 11.6 Å². The summed E-state index contributed by atoms with van der Waals surface area (Å²) in [6.07, 6.45) is 0. The standard InChI is InChI=1S/C64H54N4.C44H32N2.C18N12.H4NP.H2NP/c1-47-15-11-23-61(43-47)67(62-24-12-16-48(2)44-62)59-39-35-57(36-40-59)65(53-19-7-5-8-20-53)55-31-27-51(28-32-55)52-29-33-56(34-30-52)66(54-21-9-6-10-22-54)58-37-41-60(42-38-58)68(63-25-13-17-49(3)45-63)64-26-14-18-50(4)46-64;1-3-17-37(18-4-1)45(43-23-11-15-35-13-7-9-21-41(35)43)39-29-25-33(26-30-39)34-27-31-40(32-28-34)46(38-19-5-2-6-20-38)44-24-12-16-36-14-8-10-22-42(36)44;1-23-17-18(24-2)30-16-14-12(26-8(4-20)10(6-22)28-14)11-13(15(16)29-17)27-9(5-21)7(3-19)25-11;2*1-2/h5-46H,1-4H3;1-32H;;1-2H2;1-2H/i;;;2D;/hTD2. The van der Waals surface area contributed by atoms with Gasteiger partial charge in [0, 0.05) is 102 Å². The average Bonchev–Trinajstić information content (AvgIpc) is 0.722. The van der Waals surface area contributed by atoms with Crippen LogP contribution in [0.5, 0.6) is 0 Å². The molecule has 0 fully saturated rings. The second kappa shape index (κ2) is 45.7. The maximum Gasteiger partial charge on any atom is 0.294 e. The number of para-hydroxylation sites is 4. The molecule has 0 amide bonds. The molecule has 0 bridgehead atoms. The second-order valence-electron chi connectivity index (χ2n) is 34.4. The van der Waals surface area contributed by atoms with E-state index >= 15 is 0 Å². The Kier molecular flexibility index (Phi) is 28.7. The minimum Gasteiger partial charge on any atom is -0.370 e. The van der Waals surface area contributed by atoms with E-state index in [0.29, 0.717) is 5.49 Å². The van der Waals surface area contributed by atoms with Crippen molar-refractivity contribution in [3.63, 3.8) is 0 Å². The predicted octanol–water partition coefficient (Wildman–Crippen LogP) is 33.8. The van der Waals surface area contributed by atoms with Crippen LogP contribution in [-0.4, -0.2) is 31.2 Å². The summed E-state index contributed by atoms with van der Waals surface area (Å²) in [4.78, 5) is 45.1. The number of fused-ring (bicyclic) bond motifs is 8. The van der Waals surface area contributed by atoms with Crippen molar-refractivity contribution < 1.29 is 4.24 Å².